The van der Waals surface area contributed by atoms with Crippen LogP contribution in [0.4, 0.5) is 0 Å². The molecule has 0 heterocycles. The number of allylic oxidation sites excluding steroid dienone is 2. The molecule has 0 unspecified atom stereocenters. The molecule has 0 N–H and O–H groups in total. The lowest BCUT2D eigenvalue weighted by Gasteiger charge is -2.11. The normalized spacial score (nSPS) is 14.1. The number of methoxy groups -OCH3 is 1. The quantitative estimate of drug-likeness (QED) is 0.573. The molecule has 0 aromatic heterocycles. The third kappa shape index (κ3) is 1.22. The summed E-state index contributed by atoms with van der Waals surface area (Å²) in [6.07, 6.45) is 6.54. The Morgan fingerprint density at radius 1 is 1.08 bits per heavy atom. The zero-order valence-electron chi connectivity index (χ0n) is 7.21. The monoisotopic (exact) mass is 160 g/mol. The number of fused-ring (bicyclic) bond motifs is 1. The molecule has 0 amide bonds. The maximum atomic E-state index is 5.16. The van der Waals surface area contributed by atoms with Gasteiger partial charge in [-0.1, -0.05) is 18.2 Å². The predicted molar refractivity (Wildman–Crippen MR) is 49.5 cm³/mol. The minimum Gasteiger partial charge on any atom is -0.497 e. The zero-order chi connectivity index (χ0) is 8.39. The van der Waals surface area contributed by atoms with Crippen molar-refractivity contribution in [2.45, 2.75) is 12.8 Å². The third-order valence-electron chi connectivity index (χ3n) is 2.26. The molecule has 1 aliphatic carbocycles. The zero-order valence-corrected chi connectivity index (χ0v) is 7.21. The molecule has 12 heavy (non-hydrogen) atoms. The van der Waals surface area contributed by atoms with Crippen molar-refractivity contribution in [1.29, 1.82) is 0 Å². The second-order valence-electron chi connectivity index (χ2n) is 3.01. The Morgan fingerprint density at radius 3 is 2.58 bits per heavy atom. The number of hydrogen-bond acceptors (Lipinski definition) is 1. The molecule has 0 fully saturated rings. The molecule has 1 aromatic rings. The van der Waals surface area contributed by atoms with Crippen molar-refractivity contribution >= 4 is 0 Å². The molecule has 0 spiro atoms. The van der Waals surface area contributed by atoms with Gasteiger partial charge in [-0.3, -0.25) is 0 Å². The molecule has 0 aliphatic heterocycles. The summed E-state index contributed by atoms with van der Waals surface area (Å²) in [6, 6.07) is 6.30. The molecule has 1 nitrogen and oxygen atoms in total. The average Bonchev–Trinajstić information content (AvgIpc) is 2.17. The van der Waals surface area contributed by atoms with Gasteiger partial charge in [0.2, 0.25) is 0 Å². The fourth-order valence-electron chi connectivity index (χ4n) is 1.54. The van der Waals surface area contributed by atoms with Crippen LogP contribution < -0.4 is 4.74 Å². The van der Waals surface area contributed by atoms with Crippen molar-refractivity contribution in [3.05, 3.63) is 41.5 Å². The Morgan fingerprint density at radius 2 is 1.83 bits per heavy atom. The first kappa shape index (κ1) is 7.41. The van der Waals surface area contributed by atoms with E-state index in [1.807, 2.05) is 6.07 Å². The summed E-state index contributed by atoms with van der Waals surface area (Å²) in [5.41, 5.74) is 2.83. The summed E-state index contributed by atoms with van der Waals surface area (Å²) in [4.78, 5) is 0. The molecule has 0 saturated heterocycles. The van der Waals surface area contributed by atoms with Gasteiger partial charge in [-0.2, -0.15) is 0 Å². The van der Waals surface area contributed by atoms with Crippen LogP contribution in [0.5, 0.6) is 5.75 Å². The van der Waals surface area contributed by atoms with Gasteiger partial charge in [0, 0.05) is 0 Å². The van der Waals surface area contributed by atoms with E-state index in [0.717, 1.165) is 18.6 Å². The highest BCUT2D eigenvalue weighted by Gasteiger charge is 2.04. The van der Waals surface area contributed by atoms with E-state index in [2.05, 4.69) is 24.3 Å². The molecular weight excluding hydrogens is 148 g/mol. The molecule has 0 bridgehead atoms. The molecule has 0 atom stereocenters. The Labute approximate surface area is 72.7 Å². The average molecular weight is 160 g/mol. The van der Waals surface area contributed by atoms with E-state index >= 15 is 0 Å². The van der Waals surface area contributed by atoms with Crippen LogP contribution in [0.15, 0.2) is 30.4 Å². The summed E-state index contributed by atoms with van der Waals surface area (Å²) in [5.74, 6) is 0.962. The van der Waals surface area contributed by atoms with Crippen molar-refractivity contribution in [3.8, 4) is 5.75 Å². The van der Waals surface area contributed by atoms with Crippen LogP contribution >= 0.6 is 0 Å². The maximum absolute atomic E-state index is 5.16. The van der Waals surface area contributed by atoms with Crippen molar-refractivity contribution in [2.24, 2.45) is 0 Å². The number of benzene rings is 1. The molecular formula is C11H12O. The lowest BCUT2D eigenvalue weighted by molar-refractivity contribution is 0.414. The Hall–Kier alpha value is -1.24. The molecule has 0 radical (unpaired) electrons. The standard InChI is InChI=1S/C11H12O/c1-12-11-7-6-9-4-2-3-5-10(9)8-11/h2-3,6-8H,4-5H2,1H3. The van der Waals surface area contributed by atoms with Crippen LogP contribution in [0.25, 0.3) is 0 Å². The number of hydrogen-bond donors (Lipinski definition) is 0. The lowest BCUT2D eigenvalue weighted by atomic mass is 9.97. The third-order valence-corrected chi connectivity index (χ3v) is 2.26. The largest absolute Gasteiger partial charge is 0.497 e. The highest BCUT2D eigenvalue weighted by atomic mass is 16.5. The lowest BCUT2D eigenvalue weighted by Crippen LogP contribution is -1.97. The first-order valence-electron chi connectivity index (χ1n) is 4.21. The van der Waals surface area contributed by atoms with Crippen LogP contribution in [0.3, 0.4) is 0 Å². The first-order chi connectivity index (χ1) is 5.90. The SMILES string of the molecule is COc1ccc2c(c1)CC=CC2. The van der Waals surface area contributed by atoms with E-state index < -0.39 is 0 Å². The minimum atomic E-state index is 0.962. The van der Waals surface area contributed by atoms with E-state index in [1.54, 1.807) is 7.11 Å². The second kappa shape index (κ2) is 3.02. The molecule has 0 saturated carbocycles. The van der Waals surface area contributed by atoms with Crippen LogP contribution in [0.1, 0.15) is 11.1 Å². The summed E-state index contributed by atoms with van der Waals surface area (Å²) in [7, 11) is 1.71. The summed E-state index contributed by atoms with van der Waals surface area (Å²) in [6.45, 7) is 0. The van der Waals surface area contributed by atoms with Gasteiger partial charge >= 0.3 is 0 Å². The van der Waals surface area contributed by atoms with Crippen LogP contribution in [-0.2, 0) is 12.8 Å². The number of rotatable bonds is 1. The van der Waals surface area contributed by atoms with Gasteiger partial charge in [0.15, 0.2) is 0 Å². The van der Waals surface area contributed by atoms with E-state index in [-0.39, 0.29) is 0 Å². The van der Waals surface area contributed by atoms with Gasteiger partial charge in [-0.15, -0.1) is 0 Å². The van der Waals surface area contributed by atoms with Crippen molar-refractivity contribution in [2.75, 3.05) is 7.11 Å². The molecule has 2 rings (SSSR count). The van der Waals surface area contributed by atoms with Gasteiger partial charge in [0.1, 0.15) is 5.75 Å². The molecule has 1 heteroatoms. The Bertz CT molecular complexity index is 313. The smallest absolute Gasteiger partial charge is 0.119 e. The van der Waals surface area contributed by atoms with Gasteiger partial charge in [-0.25, -0.2) is 0 Å². The summed E-state index contributed by atoms with van der Waals surface area (Å²) < 4.78 is 5.16. The maximum Gasteiger partial charge on any atom is 0.119 e. The molecule has 62 valence electrons. The predicted octanol–water partition coefficient (Wildman–Crippen LogP) is 2.35. The van der Waals surface area contributed by atoms with Crippen LogP contribution in [0.2, 0.25) is 0 Å². The van der Waals surface area contributed by atoms with E-state index in [0.29, 0.717) is 0 Å². The number of ether oxygens (including phenoxy) is 1. The molecule has 1 aliphatic rings. The Kier molecular flexibility index (Phi) is 1.86. The van der Waals surface area contributed by atoms with Gasteiger partial charge in [0.05, 0.1) is 7.11 Å². The topological polar surface area (TPSA) is 9.23 Å². The van der Waals surface area contributed by atoms with E-state index in [4.69, 9.17) is 4.74 Å². The van der Waals surface area contributed by atoms with Gasteiger partial charge < -0.3 is 4.74 Å². The minimum absolute atomic E-state index is 0.962. The second-order valence-corrected chi connectivity index (χ2v) is 3.01. The fraction of sp³-hybridized carbons (Fsp3) is 0.273. The van der Waals surface area contributed by atoms with E-state index in [9.17, 15) is 0 Å². The summed E-state index contributed by atoms with van der Waals surface area (Å²) >= 11 is 0. The van der Waals surface area contributed by atoms with Crippen molar-refractivity contribution in [3.63, 3.8) is 0 Å². The summed E-state index contributed by atoms with van der Waals surface area (Å²) in [5, 5.41) is 0. The van der Waals surface area contributed by atoms with Crippen LogP contribution in [-0.4, -0.2) is 7.11 Å². The van der Waals surface area contributed by atoms with E-state index in [1.165, 1.54) is 11.1 Å². The van der Waals surface area contributed by atoms with Gasteiger partial charge in [-0.05, 0) is 36.1 Å². The van der Waals surface area contributed by atoms with Gasteiger partial charge in [0.25, 0.3) is 0 Å². The van der Waals surface area contributed by atoms with Crippen LogP contribution in [0, 0.1) is 0 Å². The Balaban J connectivity index is 2.39. The first-order valence-corrected chi connectivity index (χ1v) is 4.21. The fourth-order valence-corrected chi connectivity index (χ4v) is 1.54. The molecule has 1 aromatic carbocycles. The highest BCUT2D eigenvalue weighted by Crippen LogP contribution is 2.21. The van der Waals surface area contributed by atoms with Crippen molar-refractivity contribution < 1.29 is 4.74 Å². The van der Waals surface area contributed by atoms with Crippen molar-refractivity contribution in [1.82, 2.24) is 0 Å². The highest BCUT2D eigenvalue weighted by molar-refractivity contribution is 5.39.